The first-order valence-electron chi connectivity index (χ1n) is 9.37. The molecule has 0 aliphatic carbocycles. The monoisotopic (exact) mass is 346 g/mol. The molecule has 3 amide bonds. The van der Waals surface area contributed by atoms with E-state index in [1.807, 2.05) is 24.0 Å². The first-order chi connectivity index (χ1) is 12.2. The van der Waals surface area contributed by atoms with E-state index in [2.05, 4.69) is 15.6 Å². The quantitative estimate of drug-likeness (QED) is 0.710. The van der Waals surface area contributed by atoms with Crippen molar-refractivity contribution in [2.45, 2.75) is 45.4 Å². The van der Waals surface area contributed by atoms with Crippen LogP contribution in [-0.2, 0) is 11.2 Å². The van der Waals surface area contributed by atoms with Crippen LogP contribution in [0, 0.1) is 5.92 Å². The van der Waals surface area contributed by atoms with Gasteiger partial charge in [0.05, 0.1) is 6.42 Å². The standard InChI is InChI=1S/C19H30N4O2/c1-2-21-19(25)22-10-4-3-5-16-8-13-23(14-9-16)18(24)15-17-6-11-20-12-7-17/h6-7,11-12,16H,2-5,8-10,13-15H2,1H3,(H2,21,22,25). The maximum atomic E-state index is 12.3. The zero-order chi connectivity index (χ0) is 17.9. The highest BCUT2D eigenvalue weighted by Gasteiger charge is 2.22. The van der Waals surface area contributed by atoms with Crippen molar-refractivity contribution in [3.05, 3.63) is 30.1 Å². The summed E-state index contributed by atoms with van der Waals surface area (Å²) in [5.41, 5.74) is 1.03. The number of piperidine rings is 1. The molecular weight excluding hydrogens is 316 g/mol. The average Bonchev–Trinajstić information content (AvgIpc) is 2.63. The number of amides is 3. The lowest BCUT2D eigenvalue weighted by atomic mass is 9.91. The predicted molar refractivity (Wildman–Crippen MR) is 98.2 cm³/mol. The SMILES string of the molecule is CCNC(=O)NCCCCC1CCN(C(=O)Cc2ccncc2)CC1. The van der Waals surface area contributed by atoms with Crippen molar-refractivity contribution < 1.29 is 9.59 Å². The molecule has 1 aliphatic rings. The summed E-state index contributed by atoms with van der Waals surface area (Å²) in [6, 6.07) is 3.72. The Bertz CT molecular complexity index is 527. The number of unbranched alkanes of at least 4 members (excludes halogenated alkanes) is 1. The van der Waals surface area contributed by atoms with Crippen molar-refractivity contribution in [1.29, 1.82) is 0 Å². The van der Waals surface area contributed by atoms with Crippen molar-refractivity contribution in [3.63, 3.8) is 0 Å². The summed E-state index contributed by atoms with van der Waals surface area (Å²) in [4.78, 5) is 29.6. The third-order valence-electron chi connectivity index (χ3n) is 4.73. The van der Waals surface area contributed by atoms with E-state index >= 15 is 0 Å². The fraction of sp³-hybridized carbons (Fsp3) is 0.632. The van der Waals surface area contributed by atoms with Crippen LogP contribution < -0.4 is 10.6 Å². The van der Waals surface area contributed by atoms with Gasteiger partial charge in [0.25, 0.3) is 0 Å². The first kappa shape index (κ1) is 19.2. The Labute approximate surface area is 150 Å². The van der Waals surface area contributed by atoms with Gasteiger partial charge in [-0.25, -0.2) is 4.79 Å². The van der Waals surface area contributed by atoms with Crippen LogP contribution in [0.5, 0.6) is 0 Å². The molecule has 0 bridgehead atoms. The Morgan fingerprint density at radius 1 is 1.16 bits per heavy atom. The number of nitrogens with zero attached hydrogens (tertiary/aromatic N) is 2. The average molecular weight is 346 g/mol. The second-order valence-corrected chi connectivity index (χ2v) is 6.64. The van der Waals surface area contributed by atoms with Crippen LogP contribution in [0.4, 0.5) is 4.79 Å². The maximum absolute atomic E-state index is 12.3. The fourth-order valence-corrected chi connectivity index (χ4v) is 3.24. The lowest BCUT2D eigenvalue weighted by molar-refractivity contribution is -0.131. The molecule has 2 rings (SSSR count). The van der Waals surface area contributed by atoms with E-state index in [1.54, 1.807) is 12.4 Å². The second kappa shape index (κ2) is 10.7. The number of carbonyl (C=O) groups is 2. The number of likely N-dealkylation sites (tertiary alicyclic amines) is 1. The van der Waals surface area contributed by atoms with Crippen molar-refractivity contribution in [2.75, 3.05) is 26.2 Å². The molecule has 0 unspecified atom stereocenters. The van der Waals surface area contributed by atoms with E-state index in [9.17, 15) is 9.59 Å². The second-order valence-electron chi connectivity index (χ2n) is 6.64. The molecule has 6 heteroatoms. The van der Waals surface area contributed by atoms with Crippen molar-refractivity contribution in [3.8, 4) is 0 Å². The summed E-state index contributed by atoms with van der Waals surface area (Å²) in [6.45, 7) is 5.03. The minimum absolute atomic E-state index is 0.0801. The highest BCUT2D eigenvalue weighted by molar-refractivity contribution is 5.78. The smallest absolute Gasteiger partial charge is 0.314 e. The van der Waals surface area contributed by atoms with E-state index in [4.69, 9.17) is 0 Å². The largest absolute Gasteiger partial charge is 0.342 e. The van der Waals surface area contributed by atoms with Crippen molar-refractivity contribution >= 4 is 11.9 Å². The Hall–Kier alpha value is -2.11. The van der Waals surface area contributed by atoms with E-state index in [0.29, 0.717) is 18.9 Å². The normalized spacial score (nSPS) is 15.0. The summed E-state index contributed by atoms with van der Waals surface area (Å²) in [5.74, 6) is 0.922. The number of pyridine rings is 1. The number of hydrogen-bond acceptors (Lipinski definition) is 3. The van der Waals surface area contributed by atoms with Gasteiger partial charge in [0.1, 0.15) is 0 Å². The maximum Gasteiger partial charge on any atom is 0.314 e. The zero-order valence-electron chi connectivity index (χ0n) is 15.2. The fourth-order valence-electron chi connectivity index (χ4n) is 3.24. The van der Waals surface area contributed by atoms with Crippen LogP contribution in [0.3, 0.4) is 0 Å². The number of carbonyl (C=O) groups excluding carboxylic acids is 2. The predicted octanol–water partition coefficient (Wildman–Crippen LogP) is 2.35. The Balaban J connectivity index is 1.57. The molecule has 6 nitrogen and oxygen atoms in total. The van der Waals surface area contributed by atoms with Gasteiger partial charge in [-0.2, -0.15) is 0 Å². The molecule has 0 aromatic carbocycles. The molecule has 1 aromatic rings. The molecule has 1 aromatic heterocycles. The number of rotatable bonds is 8. The van der Waals surface area contributed by atoms with Crippen LogP contribution in [0.1, 0.15) is 44.6 Å². The molecule has 25 heavy (non-hydrogen) atoms. The molecule has 0 saturated carbocycles. The molecule has 2 heterocycles. The van der Waals surface area contributed by atoms with Gasteiger partial charge in [-0.3, -0.25) is 9.78 Å². The minimum atomic E-state index is -0.0801. The van der Waals surface area contributed by atoms with Crippen LogP contribution in [-0.4, -0.2) is 48.0 Å². The lowest BCUT2D eigenvalue weighted by Gasteiger charge is -2.32. The van der Waals surface area contributed by atoms with Gasteiger partial charge in [0.2, 0.25) is 5.91 Å². The van der Waals surface area contributed by atoms with E-state index < -0.39 is 0 Å². The van der Waals surface area contributed by atoms with Crippen LogP contribution >= 0.6 is 0 Å². The minimum Gasteiger partial charge on any atom is -0.342 e. The Morgan fingerprint density at radius 3 is 2.56 bits per heavy atom. The Morgan fingerprint density at radius 2 is 1.88 bits per heavy atom. The highest BCUT2D eigenvalue weighted by Crippen LogP contribution is 2.23. The Kier molecular flexibility index (Phi) is 8.22. The number of aromatic nitrogens is 1. The summed E-state index contributed by atoms with van der Waals surface area (Å²) in [6.07, 6.45) is 9.44. The van der Waals surface area contributed by atoms with Gasteiger partial charge >= 0.3 is 6.03 Å². The number of hydrogen-bond donors (Lipinski definition) is 2. The lowest BCUT2D eigenvalue weighted by Crippen LogP contribution is -2.39. The molecule has 0 spiro atoms. The van der Waals surface area contributed by atoms with Gasteiger partial charge in [-0.05, 0) is 49.8 Å². The molecule has 1 aliphatic heterocycles. The summed E-state index contributed by atoms with van der Waals surface area (Å²) >= 11 is 0. The van der Waals surface area contributed by atoms with Crippen molar-refractivity contribution in [1.82, 2.24) is 20.5 Å². The molecule has 2 N–H and O–H groups in total. The molecule has 138 valence electrons. The summed E-state index contributed by atoms with van der Waals surface area (Å²) < 4.78 is 0. The van der Waals surface area contributed by atoms with Crippen LogP contribution in [0.25, 0.3) is 0 Å². The van der Waals surface area contributed by atoms with Gasteiger partial charge in [0.15, 0.2) is 0 Å². The number of urea groups is 1. The third-order valence-corrected chi connectivity index (χ3v) is 4.73. The summed E-state index contributed by atoms with van der Waals surface area (Å²) in [7, 11) is 0. The molecule has 1 fully saturated rings. The van der Waals surface area contributed by atoms with Gasteiger partial charge in [-0.15, -0.1) is 0 Å². The van der Waals surface area contributed by atoms with E-state index in [1.165, 1.54) is 6.42 Å². The van der Waals surface area contributed by atoms with Gasteiger partial charge < -0.3 is 15.5 Å². The van der Waals surface area contributed by atoms with Crippen LogP contribution in [0.2, 0.25) is 0 Å². The molecule has 0 radical (unpaired) electrons. The van der Waals surface area contributed by atoms with Crippen molar-refractivity contribution in [2.24, 2.45) is 5.92 Å². The zero-order valence-corrected chi connectivity index (χ0v) is 15.2. The molecule has 1 saturated heterocycles. The first-order valence-corrected chi connectivity index (χ1v) is 9.37. The van der Waals surface area contributed by atoms with E-state index in [-0.39, 0.29) is 11.9 Å². The highest BCUT2D eigenvalue weighted by atomic mass is 16.2. The summed E-state index contributed by atoms with van der Waals surface area (Å²) in [5, 5.41) is 5.59. The van der Waals surface area contributed by atoms with E-state index in [0.717, 1.165) is 50.9 Å². The third kappa shape index (κ3) is 7.11. The number of nitrogens with one attached hydrogen (secondary N) is 2. The topological polar surface area (TPSA) is 74.3 Å². The van der Waals surface area contributed by atoms with Gasteiger partial charge in [-0.1, -0.05) is 12.8 Å². The van der Waals surface area contributed by atoms with Crippen LogP contribution in [0.15, 0.2) is 24.5 Å². The van der Waals surface area contributed by atoms with Gasteiger partial charge in [0, 0.05) is 38.6 Å². The molecular formula is C19H30N4O2. The molecule has 0 atom stereocenters.